The largest absolute Gasteiger partial charge is 0.413 e. The second-order valence-corrected chi connectivity index (χ2v) is 35.2. The van der Waals surface area contributed by atoms with E-state index in [2.05, 4.69) is 134 Å². The van der Waals surface area contributed by atoms with Gasteiger partial charge in [-0.3, -0.25) is 0 Å². The van der Waals surface area contributed by atoms with E-state index in [1.165, 1.54) is 62.5 Å². The molecule has 0 aliphatic heterocycles. The normalized spacial score (nSPS) is 29.7. The van der Waals surface area contributed by atoms with Crippen molar-refractivity contribution in [3.63, 3.8) is 0 Å². The molecular weight excluding hydrogens is 637 g/mol. The first-order valence-electron chi connectivity index (χ1n) is 19.7. The van der Waals surface area contributed by atoms with Gasteiger partial charge in [-0.2, -0.15) is 0 Å². The molecule has 3 saturated carbocycles. The lowest BCUT2D eigenvalue weighted by atomic mass is 9.60. The van der Waals surface area contributed by atoms with Crippen molar-refractivity contribution in [2.24, 2.45) is 23.2 Å². The van der Waals surface area contributed by atoms with Gasteiger partial charge in [-0.25, -0.2) is 0 Å². The van der Waals surface area contributed by atoms with Crippen LogP contribution in [0.3, 0.4) is 0 Å². The highest BCUT2D eigenvalue weighted by Crippen LogP contribution is 2.60. The summed E-state index contributed by atoms with van der Waals surface area (Å²) in [4.78, 5) is 0. The molecule has 0 saturated heterocycles. The van der Waals surface area contributed by atoms with Crippen LogP contribution >= 0.6 is 0 Å². The Hall–Kier alpha value is -0.249. The van der Waals surface area contributed by atoms with E-state index in [9.17, 15) is 0 Å². The fourth-order valence-electron chi connectivity index (χ4n) is 8.83. The number of rotatable bonds is 12. The summed E-state index contributed by atoms with van der Waals surface area (Å²) in [6.07, 6.45) is 17.5. The topological polar surface area (TPSA) is 27.7 Å². The first kappa shape index (κ1) is 42.2. The second-order valence-electron chi connectivity index (χ2n) is 21.2. The van der Waals surface area contributed by atoms with Crippen LogP contribution in [0.25, 0.3) is 0 Å². The molecule has 0 heterocycles. The SMILES string of the molecule is C=C1[C@H](O[Si](C)(C)C(C)(C)C)CC(=CC=C2CCC[C@]3(C)[C@@H]([C@@H](C)CCCC(C)(C)O[Si](C)(C)C)CC[C@@H]23)C[C@H]1O[Si](C)(C)C(C)(C)C. The lowest BCUT2D eigenvalue weighted by Gasteiger charge is -2.46. The smallest absolute Gasteiger partial charge is 0.192 e. The van der Waals surface area contributed by atoms with Gasteiger partial charge in [0.15, 0.2) is 25.0 Å². The predicted molar refractivity (Wildman–Crippen MR) is 218 cm³/mol. The van der Waals surface area contributed by atoms with E-state index in [0.29, 0.717) is 5.41 Å². The van der Waals surface area contributed by atoms with E-state index in [1.54, 1.807) is 5.57 Å². The van der Waals surface area contributed by atoms with Gasteiger partial charge in [-0.1, -0.05) is 98.1 Å². The van der Waals surface area contributed by atoms with Crippen LogP contribution in [0.15, 0.2) is 35.5 Å². The molecule has 3 nitrogen and oxygen atoms in total. The highest BCUT2D eigenvalue weighted by Gasteiger charge is 2.51. The molecule has 0 radical (unpaired) electrons. The van der Waals surface area contributed by atoms with Crippen LogP contribution < -0.4 is 0 Å². The Morgan fingerprint density at radius 3 is 1.83 bits per heavy atom. The third-order valence-corrected chi connectivity index (χ3v) is 23.6. The molecular formula is C42H80O3Si3. The van der Waals surface area contributed by atoms with Gasteiger partial charge >= 0.3 is 0 Å². The second kappa shape index (κ2) is 15.0. The molecule has 0 amide bonds. The molecule has 3 aliphatic rings. The Bertz CT molecular complexity index is 1130. The first-order chi connectivity index (χ1) is 21.6. The van der Waals surface area contributed by atoms with Gasteiger partial charge in [0.1, 0.15) is 0 Å². The highest BCUT2D eigenvalue weighted by molar-refractivity contribution is 6.74. The van der Waals surface area contributed by atoms with E-state index < -0.39 is 25.0 Å². The Balaban J connectivity index is 1.81. The van der Waals surface area contributed by atoms with Crippen molar-refractivity contribution < 1.29 is 13.3 Å². The van der Waals surface area contributed by atoms with Gasteiger partial charge in [0.05, 0.1) is 17.8 Å². The van der Waals surface area contributed by atoms with Crippen molar-refractivity contribution in [3.05, 3.63) is 35.5 Å². The molecule has 3 rings (SSSR count). The van der Waals surface area contributed by atoms with Crippen LogP contribution in [0, 0.1) is 23.2 Å². The van der Waals surface area contributed by atoms with Crippen molar-refractivity contribution in [3.8, 4) is 0 Å². The molecule has 0 bridgehead atoms. The summed E-state index contributed by atoms with van der Waals surface area (Å²) in [6, 6.07) is 0. The zero-order valence-corrected chi connectivity index (χ0v) is 38.0. The minimum absolute atomic E-state index is 0.00446. The zero-order chi connectivity index (χ0) is 36.7. The molecule has 0 unspecified atom stereocenters. The molecule has 0 aromatic heterocycles. The van der Waals surface area contributed by atoms with Crippen LogP contribution in [-0.4, -0.2) is 42.8 Å². The van der Waals surface area contributed by atoms with E-state index in [1.807, 2.05) is 0 Å². The standard InChI is InChI=1S/C42H80O3Si3/c1-31(21-19-27-41(9,10)45-46(12,13)14)35-25-26-36-34(22-20-28-42(35,36)11)24-23-33-29-37(43-47(15,16)39(3,4)5)32(2)38(30-33)44-48(17,18)40(6,7)8/h23-24,31,35-38H,2,19-22,25-30H2,1,3-18H3/t31-,35+,36-,37+,38+,42+/m0/s1. The van der Waals surface area contributed by atoms with Gasteiger partial charge in [-0.05, 0) is 150 Å². The van der Waals surface area contributed by atoms with Crippen molar-refractivity contribution in [1.82, 2.24) is 0 Å². The van der Waals surface area contributed by atoms with Crippen molar-refractivity contribution in [2.75, 3.05) is 0 Å². The fraction of sp³-hybridized carbons (Fsp3) is 0.857. The van der Waals surface area contributed by atoms with Crippen molar-refractivity contribution in [2.45, 2.75) is 207 Å². The third-order valence-electron chi connectivity index (χ3n) is 13.5. The molecule has 3 aliphatic carbocycles. The monoisotopic (exact) mass is 717 g/mol. The maximum absolute atomic E-state index is 7.12. The summed E-state index contributed by atoms with van der Waals surface area (Å²) in [6.45, 7) is 45.0. The van der Waals surface area contributed by atoms with Crippen LogP contribution in [0.4, 0.5) is 0 Å². The molecule has 0 N–H and O–H groups in total. The molecule has 48 heavy (non-hydrogen) atoms. The summed E-state index contributed by atoms with van der Waals surface area (Å²) < 4.78 is 20.8. The maximum atomic E-state index is 7.12. The van der Waals surface area contributed by atoms with Crippen LogP contribution in [0.1, 0.15) is 133 Å². The number of fused-ring (bicyclic) bond motifs is 1. The van der Waals surface area contributed by atoms with Crippen molar-refractivity contribution >= 4 is 25.0 Å². The predicted octanol–water partition coefficient (Wildman–Crippen LogP) is 13.6. The molecule has 278 valence electrons. The Morgan fingerprint density at radius 1 is 0.833 bits per heavy atom. The van der Waals surface area contributed by atoms with E-state index >= 15 is 0 Å². The summed E-state index contributed by atoms with van der Waals surface area (Å²) in [7, 11) is -5.48. The van der Waals surface area contributed by atoms with Gasteiger partial charge in [0.25, 0.3) is 0 Å². The molecule has 0 aromatic carbocycles. The third kappa shape index (κ3) is 10.4. The Kier molecular flexibility index (Phi) is 13.2. The van der Waals surface area contributed by atoms with Crippen LogP contribution in [-0.2, 0) is 13.3 Å². The van der Waals surface area contributed by atoms with Gasteiger partial charge in [0, 0.05) is 0 Å². The lowest BCUT2D eigenvalue weighted by Crippen LogP contribution is -2.49. The van der Waals surface area contributed by atoms with E-state index in [-0.39, 0.29) is 27.9 Å². The summed E-state index contributed by atoms with van der Waals surface area (Å²) in [5, 5.41) is 0.320. The molecule has 6 heteroatoms. The molecule has 0 aromatic rings. The average Bonchev–Trinajstić information content (AvgIpc) is 3.24. The quantitative estimate of drug-likeness (QED) is 0.149. The van der Waals surface area contributed by atoms with E-state index in [4.69, 9.17) is 13.3 Å². The number of hydrogen-bond donors (Lipinski definition) is 0. The molecule has 0 spiro atoms. The maximum Gasteiger partial charge on any atom is 0.192 e. The zero-order valence-electron chi connectivity index (χ0n) is 35.0. The van der Waals surface area contributed by atoms with Crippen LogP contribution in [0.5, 0.6) is 0 Å². The summed E-state index contributed by atoms with van der Waals surface area (Å²) in [5.41, 5.74) is 4.79. The number of allylic oxidation sites excluding steroid dienone is 3. The first-order valence-corrected chi connectivity index (χ1v) is 28.9. The van der Waals surface area contributed by atoms with Crippen molar-refractivity contribution in [1.29, 1.82) is 0 Å². The van der Waals surface area contributed by atoms with Gasteiger partial charge < -0.3 is 13.3 Å². The van der Waals surface area contributed by atoms with Gasteiger partial charge in [-0.15, -0.1) is 0 Å². The van der Waals surface area contributed by atoms with Crippen LogP contribution in [0.2, 0.25) is 55.9 Å². The Labute approximate surface area is 302 Å². The molecule has 3 fully saturated rings. The fourth-order valence-corrected chi connectivity index (χ4v) is 13.2. The average molecular weight is 717 g/mol. The summed E-state index contributed by atoms with van der Waals surface area (Å²) >= 11 is 0. The summed E-state index contributed by atoms with van der Waals surface area (Å²) in [5.74, 6) is 2.31. The minimum Gasteiger partial charge on any atom is -0.413 e. The minimum atomic E-state index is -1.97. The van der Waals surface area contributed by atoms with Gasteiger partial charge in [0.2, 0.25) is 0 Å². The highest BCUT2D eigenvalue weighted by atomic mass is 28.4. The molecule has 6 atom stereocenters. The number of hydrogen-bond acceptors (Lipinski definition) is 3. The Morgan fingerprint density at radius 2 is 1.35 bits per heavy atom. The van der Waals surface area contributed by atoms with E-state index in [0.717, 1.165) is 30.6 Å². The lowest BCUT2D eigenvalue weighted by molar-refractivity contribution is 0.0735.